The summed E-state index contributed by atoms with van der Waals surface area (Å²) in [6, 6.07) is 16.6. The average molecular weight is 335 g/mol. The molecule has 130 valence electrons. The molecule has 2 N–H and O–H groups in total. The summed E-state index contributed by atoms with van der Waals surface area (Å²) in [6.45, 7) is 1.51. The van der Waals surface area contributed by atoms with E-state index in [-0.39, 0.29) is 5.91 Å². The van der Waals surface area contributed by atoms with Crippen LogP contribution in [0.4, 0.5) is 0 Å². The van der Waals surface area contributed by atoms with Crippen LogP contribution in [-0.4, -0.2) is 29.9 Å². The second-order valence-electron chi connectivity index (χ2n) is 6.69. The van der Waals surface area contributed by atoms with Gasteiger partial charge in [0.2, 0.25) is 5.91 Å². The van der Waals surface area contributed by atoms with Gasteiger partial charge >= 0.3 is 0 Å². The van der Waals surface area contributed by atoms with Crippen LogP contribution in [0.2, 0.25) is 0 Å². The summed E-state index contributed by atoms with van der Waals surface area (Å²) in [5.74, 6) is 0.0858. The fraction of sp³-hybridized carbons (Fsp3) is 0.286. The molecular formula is C21H25N3O. The molecule has 0 aliphatic heterocycles. The minimum absolute atomic E-state index is 0.0858. The number of hydrogen-bond acceptors (Lipinski definition) is 2. The second-order valence-corrected chi connectivity index (χ2v) is 6.69. The lowest BCUT2D eigenvalue weighted by Crippen LogP contribution is -2.23. The minimum Gasteiger partial charge on any atom is -0.361 e. The highest BCUT2D eigenvalue weighted by atomic mass is 16.1. The Bertz CT molecular complexity index is 834. The number of carbonyl (C=O) groups is 1. The van der Waals surface area contributed by atoms with Crippen LogP contribution in [0.1, 0.15) is 23.1 Å². The SMILES string of the molecule is CN(C)Cc1ccc(CNC(=O)CCc2c[nH]c3ccccc23)cc1. The Morgan fingerprint density at radius 1 is 1.04 bits per heavy atom. The number of para-hydroxylation sites is 1. The van der Waals surface area contributed by atoms with Gasteiger partial charge in [-0.2, -0.15) is 0 Å². The van der Waals surface area contributed by atoms with Gasteiger partial charge < -0.3 is 15.2 Å². The molecule has 3 rings (SSSR count). The number of fused-ring (bicyclic) bond motifs is 1. The van der Waals surface area contributed by atoms with Crippen molar-refractivity contribution >= 4 is 16.8 Å². The number of aromatic nitrogens is 1. The van der Waals surface area contributed by atoms with Gasteiger partial charge in [0.05, 0.1) is 0 Å². The molecule has 0 unspecified atom stereocenters. The molecule has 0 aliphatic rings. The van der Waals surface area contributed by atoms with E-state index in [2.05, 4.69) is 65.7 Å². The third-order valence-corrected chi connectivity index (χ3v) is 4.31. The van der Waals surface area contributed by atoms with Crippen molar-refractivity contribution in [1.82, 2.24) is 15.2 Å². The molecule has 2 aromatic carbocycles. The van der Waals surface area contributed by atoms with Crippen molar-refractivity contribution in [3.63, 3.8) is 0 Å². The number of H-pyrrole nitrogens is 1. The second kappa shape index (κ2) is 7.99. The number of rotatable bonds is 7. The lowest BCUT2D eigenvalue weighted by molar-refractivity contribution is -0.121. The van der Waals surface area contributed by atoms with Gasteiger partial charge in [0.25, 0.3) is 0 Å². The average Bonchev–Trinajstić information content (AvgIpc) is 3.02. The van der Waals surface area contributed by atoms with Crippen molar-refractivity contribution in [2.24, 2.45) is 0 Å². The first-order chi connectivity index (χ1) is 12.1. The van der Waals surface area contributed by atoms with E-state index in [4.69, 9.17) is 0 Å². The topological polar surface area (TPSA) is 48.1 Å². The molecule has 1 heterocycles. The van der Waals surface area contributed by atoms with Crippen LogP contribution >= 0.6 is 0 Å². The van der Waals surface area contributed by atoms with Gasteiger partial charge in [-0.25, -0.2) is 0 Å². The third kappa shape index (κ3) is 4.70. The predicted molar refractivity (Wildman–Crippen MR) is 102 cm³/mol. The van der Waals surface area contributed by atoms with E-state index in [1.807, 2.05) is 18.3 Å². The standard InChI is InChI=1S/C21H25N3O/c1-24(2)15-17-9-7-16(8-10-17)13-23-21(25)12-11-18-14-22-20-6-4-3-5-19(18)20/h3-10,14,22H,11-13,15H2,1-2H3,(H,23,25). The first-order valence-electron chi connectivity index (χ1n) is 8.66. The summed E-state index contributed by atoms with van der Waals surface area (Å²) < 4.78 is 0. The Morgan fingerprint density at radius 2 is 1.76 bits per heavy atom. The maximum absolute atomic E-state index is 12.1. The van der Waals surface area contributed by atoms with Gasteiger partial charge in [-0.05, 0) is 43.3 Å². The summed E-state index contributed by atoms with van der Waals surface area (Å²) in [6.07, 6.45) is 3.25. The van der Waals surface area contributed by atoms with Crippen LogP contribution in [0.5, 0.6) is 0 Å². The number of benzene rings is 2. The van der Waals surface area contributed by atoms with E-state index in [1.54, 1.807) is 0 Å². The van der Waals surface area contributed by atoms with Crippen LogP contribution in [-0.2, 0) is 24.3 Å². The molecule has 0 aliphatic carbocycles. The van der Waals surface area contributed by atoms with Crippen LogP contribution in [0.25, 0.3) is 10.9 Å². The number of nitrogens with zero attached hydrogens (tertiary/aromatic N) is 1. The molecule has 0 atom stereocenters. The summed E-state index contributed by atoms with van der Waals surface area (Å²) >= 11 is 0. The zero-order valence-electron chi connectivity index (χ0n) is 14.9. The van der Waals surface area contributed by atoms with E-state index < -0.39 is 0 Å². The molecule has 1 amide bonds. The number of amides is 1. The highest BCUT2D eigenvalue weighted by molar-refractivity contribution is 5.84. The summed E-state index contributed by atoms with van der Waals surface area (Å²) in [4.78, 5) is 17.5. The lowest BCUT2D eigenvalue weighted by Gasteiger charge is -2.10. The Morgan fingerprint density at radius 3 is 2.52 bits per heavy atom. The molecule has 4 heteroatoms. The molecule has 3 aromatic rings. The van der Waals surface area contributed by atoms with Crippen LogP contribution < -0.4 is 5.32 Å². The van der Waals surface area contributed by atoms with Gasteiger partial charge in [-0.3, -0.25) is 4.79 Å². The normalized spacial score (nSPS) is 11.2. The molecule has 0 saturated carbocycles. The van der Waals surface area contributed by atoms with Gasteiger partial charge in [0.15, 0.2) is 0 Å². The molecule has 25 heavy (non-hydrogen) atoms. The number of nitrogens with one attached hydrogen (secondary N) is 2. The molecule has 1 aromatic heterocycles. The maximum atomic E-state index is 12.1. The fourth-order valence-electron chi connectivity index (χ4n) is 3.00. The Kier molecular flexibility index (Phi) is 5.51. The number of hydrogen-bond donors (Lipinski definition) is 2. The largest absolute Gasteiger partial charge is 0.361 e. The van der Waals surface area contributed by atoms with Crippen LogP contribution in [0, 0.1) is 0 Å². The summed E-state index contributed by atoms with van der Waals surface area (Å²) in [5, 5.41) is 4.21. The zero-order chi connectivity index (χ0) is 17.6. The molecular weight excluding hydrogens is 310 g/mol. The highest BCUT2D eigenvalue weighted by Crippen LogP contribution is 2.18. The smallest absolute Gasteiger partial charge is 0.220 e. The van der Waals surface area contributed by atoms with E-state index in [0.717, 1.165) is 24.0 Å². The molecule has 0 radical (unpaired) electrons. The quantitative estimate of drug-likeness (QED) is 0.694. The van der Waals surface area contributed by atoms with Crippen molar-refractivity contribution in [2.75, 3.05) is 14.1 Å². The first kappa shape index (κ1) is 17.2. The fourth-order valence-corrected chi connectivity index (χ4v) is 3.00. The number of aryl methyl sites for hydroxylation is 1. The van der Waals surface area contributed by atoms with Crippen molar-refractivity contribution < 1.29 is 4.79 Å². The van der Waals surface area contributed by atoms with Gasteiger partial charge in [-0.1, -0.05) is 42.5 Å². The van der Waals surface area contributed by atoms with Crippen molar-refractivity contribution in [1.29, 1.82) is 0 Å². The predicted octanol–water partition coefficient (Wildman–Crippen LogP) is 3.48. The lowest BCUT2D eigenvalue weighted by atomic mass is 10.1. The van der Waals surface area contributed by atoms with Crippen LogP contribution in [0.3, 0.4) is 0 Å². The first-order valence-corrected chi connectivity index (χ1v) is 8.66. The van der Waals surface area contributed by atoms with Gasteiger partial charge in [0, 0.05) is 36.6 Å². The Labute approximate surface area is 148 Å². The molecule has 0 bridgehead atoms. The van der Waals surface area contributed by atoms with Crippen molar-refractivity contribution in [3.8, 4) is 0 Å². The monoisotopic (exact) mass is 335 g/mol. The zero-order valence-corrected chi connectivity index (χ0v) is 14.9. The van der Waals surface area contributed by atoms with E-state index in [0.29, 0.717) is 13.0 Å². The van der Waals surface area contributed by atoms with E-state index in [1.165, 1.54) is 16.5 Å². The molecule has 0 fully saturated rings. The number of carbonyl (C=O) groups excluding carboxylic acids is 1. The summed E-state index contributed by atoms with van der Waals surface area (Å²) in [5.41, 5.74) is 4.72. The van der Waals surface area contributed by atoms with Crippen molar-refractivity contribution in [3.05, 3.63) is 71.4 Å². The third-order valence-electron chi connectivity index (χ3n) is 4.31. The maximum Gasteiger partial charge on any atom is 0.220 e. The van der Waals surface area contributed by atoms with Crippen molar-refractivity contribution in [2.45, 2.75) is 25.9 Å². The van der Waals surface area contributed by atoms with E-state index in [9.17, 15) is 4.79 Å². The highest BCUT2D eigenvalue weighted by Gasteiger charge is 2.06. The van der Waals surface area contributed by atoms with Gasteiger partial charge in [0.1, 0.15) is 0 Å². The summed E-state index contributed by atoms with van der Waals surface area (Å²) in [7, 11) is 4.11. The minimum atomic E-state index is 0.0858. The van der Waals surface area contributed by atoms with Crippen LogP contribution in [0.15, 0.2) is 54.7 Å². The Hall–Kier alpha value is -2.59. The van der Waals surface area contributed by atoms with Gasteiger partial charge in [-0.15, -0.1) is 0 Å². The number of aromatic amines is 1. The Balaban J connectivity index is 1.48. The molecule has 0 saturated heterocycles. The van der Waals surface area contributed by atoms with E-state index >= 15 is 0 Å². The molecule has 0 spiro atoms. The molecule has 4 nitrogen and oxygen atoms in total.